The fourth-order valence-corrected chi connectivity index (χ4v) is 5.08. The second-order valence-electron chi connectivity index (χ2n) is 8.11. The summed E-state index contributed by atoms with van der Waals surface area (Å²) in [5.74, 6) is -1.12. The van der Waals surface area contributed by atoms with Gasteiger partial charge in [-0.2, -0.15) is 31.5 Å². The zero-order valence-corrected chi connectivity index (χ0v) is 19.4. The molecular weight excluding hydrogens is 496 g/mol. The third kappa shape index (κ3) is 4.28. The van der Waals surface area contributed by atoms with Crippen molar-refractivity contribution in [1.29, 1.82) is 0 Å². The summed E-state index contributed by atoms with van der Waals surface area (Å²) >= 11 is 1.10. The average Bonchev–Trinajstić information content (AvgIpc) is 3.28. The molecule has 2 aromatic carbocycles. The zero-order chi connectivity index (χ0) is 25.9. The largest absolute Gasteiger partial charge is 0.416 e. The van der Waals surface area contributed by atoms with Gasteiger partial charge in [0.2, 0.25) is 0 Å². The second kappa shape index (κ2) is 8.11. The number of amides is 1. The number of hydrogen-bond donors (Lipinski definition) is 1. The molecule has 13 heteroatoms. The molecule has 1 aromatic heterocycles. The number of aromatic nitrogens is 1. The van der Waals surface area contributed by atoms with Gasteiger partial charge in [0.15, 0.2) is 10.0 Å². The number of carbonyl (C=O) groups is 1. The summed E-state index contributed by atoms with van der Waals surface area (Å²) in [4.78, 5) is 12.1. The smallest absolute Gasteiger partial charge is 0.377 e. The number of hydrazine groups is 1. The van der Waals surface area contributed by atoms with Crippen LogP contribution in [0, 0.1) is 0 Å². The molecule has 186 valence electrons. The van der Waals surface area contributed by atoms with Crippen molar-refractivity contribution < 1.29 is 31.1 Å². The quantitative estimate of drug-likeness (QED) is 0.478. The minimum atomic E-state index is -5.08. The number of alkyl halides is 6. The molecule has 1 aliphatic rings. The number of nitrogens with two attached hydrogens (primary N) is 1. The van der Waals surface area contributed by atoms with Crippen molar-refractivity contribution in [3.63, 3.8) is 0 Å². The molecule has 0 spiro atoms. The summed E-state index contributed by atoms with van der Waals surface area (Å²) in [6.07, 6.45) is -8.36. The molecule has 1 atom stereocenters. The summed E-state index contributed by atoms with van der Waals surface area (Å²) in [6, 6.07) is 8.15. The number of benzene rings is 2. The molecule has 1 amide bonds. The molecule has 0 fully saturated rings. The molecule has 0 aliphatic carbocycles. The molecule has 35 heavy (non-hydrogen) atoms. The van der Waals surface area contributed by atoms with Crippen LogP contribution < -0.4 is 5.73 Å². The van der Waals surface area contributed by atoms with Crippen molar-refractivity contribution in [1.82, 2.24) is 14.7 Å². The van der Waals surface area contributed by atoms with E-state index in [2.05, 4.69) is 5.10 Å². The van der Waals surface area contributed by atoms with Crippen molar-refractivity contribution in [2.45, 2.75) is 24.1 Å². The van der Waals surface area contributed by atoms with E-state index >= 15 is 0 Å². The lowest BCUT2D eigenvalue weighted by Crippen LogP contribution is -2.48. The first-order valence-electron chi connectivity index (χ1n) is 10.1. The lowest BCUT2D eigenvalue weighted by atomic mass is 10.0. The fourth-order valence-electron chi connectivity index (χ4n) is 4.03. The SMILES string of the molecule is CN(C(=O)c1cc(C(F)(F)F)cc(C(F)(F)F)c1)N1N=C(N)SC1(C)c1cn(C)c2ccccc12. The molecule has 1 unspecified atom stereocenters. The van der Waals surface area contributed by atoms with Gasteiger partial charge in [-0.1, -0.05) is 18.2 Å². The Morgan fingerprint density at radius 1 is 1.06 bits per heavy atom. The Morgan fingerprint density at radius 2 is 1.63 bits per heavy atom. The van der Waals surface area contributed by atoms with Crippen molar-refractivity contribution in [3.05, 3.63) is 70.9 Å². The Morgan fingerprint density at radius 3 is 2.20 bits per heavy atom. The van der Waals surface area contributed by atoms with Gasteiger partial charge >= 0.3 is 12.4 Å². The number of hydrogen-bond acceptors (Lipinski definition) is 5. The fraction of sp³-hybridized carbons (Fsp3) is 0.273. The van der Waals surface area contributed by atoms with Gasteiger partial charge in [0, 0.05) is 42.3 Å². The number of fused-ring (bicyclic) bond motifs is 1. The maximum absolute atomic E-state index is 13.3. The van der Waals surface area contributed by atoms with E-state index in [9.17, 15) is 31.1 Å². The van der Waals surface area contributed by atoms with Gasteiger partial charge in [-0.05, 0) is 43.0 Å². The van der Waals surface area contributed by atoms with Crippen LogP contribution in [0.3, 0.4) is 0 Å². The predicted octanol–water partition coefficient (Wildman–Crippen LogP) is 5.35. The Kier molecular flexibility index (Phi) is 5.74. The molecule has 6 nitrogen and oxygen atoms in total. The van der Waals surface area contributed by atoms with Crippen LogP contribution in [0.4, 0.5) is 26.3 Å². The van der Waals surface area contributed by atoms with Gasteiger partial charge in [-0.15, -0.1) is 5.10 Å². The summed E-state index contributed by atoms with van der Waals surface area (Å²) in [7, 11) is 3.03. The first kappa shape index (κ1) is 24.8. The summed E-state index contributed by atoms with van der Waals surface area (Å²) < 4.78 is 81.7. The number of hydrazone groups is 1. The van der Waals surface area contributed by atoms with E-state index in [0.717, 1.165) is 27.7 Å². The number of aryl methyl sites for hydroxylation is 1. The highest BCUT2D eigenvalue weighted by Gasteiger charge is 2.46. The molecule has 2 N–H and O–H groups in total. The maximum atomic E-state index is 13.3. The number of amidine groups is 1. The van der Waals surface area contributed by atoms with E-state index in [0.29, 0.717) is 17.7 Å². The number of carbonyl (C=O) groups excluding carboxylic acids is 1. The van der Waals surface area contributed by atoms with Crippen molar-refractivity contribution in [2.24, 2.45) is 17.9 Å². The minimum Gasteiger partial charge on any atom is -0.377 e. The number of rotatable bonds is 3. The molecule has 1 aliphatic heterocycles. The first-order chi connectivity index (χ1) is 16.1. The highest BCUT2D eigenvalue weighted by Crippen LogP contribution is 2.48. The lowest BCUT2D eigenvalue weighted by Gasteiger charge is -2.38. The molecule has 0 saturated heterocycles. The van der Waals surface area contributed by atoms with Crippen LogP contribution in [-0.4, -0.2) is 32.8 Å². The summed E-state index contributed by atoms with van der Waals surface area (Å²) in [5, 5.41) is 7.09. The monoisotopic (exact) mass is 515 g/mol. The molecule has 3 aromatic rings. The van der Waals surface area contributed by atoms with Crippen LogP contribution >= 0.6 is 11.8 Å². The molecular formula is C22H19F6N5OS. The highest BCUT2D eigenvalue weighted by molar-refractivity contribution is 8.14. The number of halogens is 6. The molecule has 0 bridgehead atoms. The van der Waals surface area contributed by atoms with Crippen LogP contribution in [0.2, 0.25) is 0 Å². The minimum absolute atomic E-state index is 0.0289. The van der Waals surface area contributed by atoms with Crippen molar-refractivity contribution in [2.75, 3.05) is 7.05 Å². The topological polar surface area (TPSA) is 66.9 Å². The number of thioether (sulfide) groups is 1. The van der Waals surface area contributed by atoms with Crippen molar-refractivity contribution in [3.8, 4) is 0 Å². The zero-order valence-electron chi connectivity index (χ0n) is 18.6. The van der Waals surface area contributed by atoms with E-state index < -0.39 is 39.8 Å². The van der Waals surface area contributed by atoms with Crippen LogP contribution in [-0.2, 0) is 24.3 Å². The second-order valence-corrected chi connectivity index (χ2v) is 9.52. The third-order valence-corrected chi connectivity index (χ3v) is 6.76. The lowest BCUT2D eigenvalue weighted by molar-refractivity contribution is -0.143. The van der Waals surface area contributed by atoms with Gasteiger partial charge in [-0.3, -0.25) is 4.79 Å². The Bertz CT molecular complexity index is 1320. The van der Waals surface area contributed by atoms with E-state index in [1.165, 1.54) is 12.2 Å². The van der Waals surface area contributed by atoms with E-state index in [4.69, 9.17) is 5.73 Å². The number of nitrogens with zero attached hydrogens (tertiary/aromatic N) is 4. The van der Waals surface area contributed by atoms with Gasteiger partial charge in [0.1, 0.15) is 0 Å². The molecule has 0 saturated carbocycles. The van der Waals surface area contributed by atoms with E-state index in [1.54, 1.807) is 6.92 Å². The van der Waals surface area contributed by atoms with Crippen LogP contribution in [0.1, 0.15) is 34.0 Å². The van der Waals surface area contributed by atoms with Crippen LogP contribution in [0.25, 0.3) is 10.9 Å². The Labute approximate surface area is 199 Å². The van der Waals surface area contributed by atoms with Crippen molar-refractivity contribution >= 4 is 33.7 Å². The third-order valence-electron chi connectivity index (χ3n) is 5.69. The normalized spacial score (nSPS) is 18.8. The number of para-hydroxylation sites is 1. The molecule has 4 rings (SSSR count). The standard InChI is InChI=1S/C22H19F6N5OS/c1-20(16-11-31(2)17-7-5-4-6-15(16)17)33(30-19(29)35-20)32(3)18(34)12-8-13(21(23,24)25)10-14(9-12)22(26,27)28/h4-11H,1-3H3,(H2,29,30). The average molecular weight is 515 g/mol. The molecule has 2 heterocycles. The Hall–Kier alpha value is -3.35. The summed E-state index contributed by atoms with van der Waals surface area (Å²) in [5.41, 5.74) is 3.57. The van der Waals surface area contributed by atoms with Crippen LogP contribution in [0.5, 0.6) is 0 Å². The summed E-state index contributed by atoms with van der Waals surface area (Å²) in [6.45, 7) is 1.71. The van der Waals surface area contributed by atoms with Gasteiger partial charge < -0.3 is 10.3 Å². The Balaban J connectivity index is 1.79. The maximum Gasteiger partial charge on any atom is 0.416 e. The van der Waals surface area contributed by atoms with Gasteiger partial charge in [0.25, 0.3) is 5.91 Å². The van der Waals surface area contributed by atoms with Gasteiger partial charge in [-0.25, -0.2) is 5.01 Å². The van der Waals surface area contributed by atoms with E-state index in [1.807, 2.05) is 42.1 Å². The highest BCUT2D eigenvalue weighted by atomic mass is 32.2. The van der Waals surface area contributed by atoms with Gasteiger partial charge in [0.05, 0.1) is 11.1 Å². The first-order valence-corrected chi connectivity index (χ1v) is 10.9. The predicted molar refractivity (Wildman–Crippen MR) is 120 cm³/mol. The van der Waals surface area contributed by atoms with Crippen LogP contribution in [0.15, 0.2) is 53.8 Å². The molecule has 0 radical (unpaired) electrons. The van der Waals surface area contributed by atoms with E-state index in [-0.39, 0.29) is 11.2 Å².